The number of anilines is 2. The van der Waals surface area contributed by atoms with Crippen LogP contribution in [-0.2, 0) is 0 Å². The molecule has 1 aromatic carbocycles. The topological polar surface area (TPSA) is 77.2 Å². The molecule has 1 amide bonds. The SMILES string of the molecule is CCCOc1ccc(NC(=O)c2cc(F)cnc2N)cc1. The molecule has 0 radical (unpaired) electrons. The Morgan fingerprint density at radius 3 is 2.76 bits per heavy atom. The number of halogens is 1. The van der Waals surface area contributed by atoms with Crippen LogP contribution in [0.25, 0.3) is 0 Å². The number of nitrogen functional groups attached to an aromatic ring is 1. The van der Waals surface area contributed by atoms with E-state index in [4.69, 9.17) is 10.5 Å². The van der Waals surface area contributed by atoms with Crippen LogP contribution in [-0.4, -0.2) is 17.5 Å². The summed E-state index contributed by atoms with van der Waals surface area (Å²) in [6.45, 7) is 2.66. The number of hydrogen-bond donors (Lipinski definition) is 2. The number of rotatable bonds is 5. The van der Waals surface area contributed by atoms with E-state index in [0.717, 1.165) is 24.4 Å². The summed E-state index contributed by atoms with van der Waals surface area (Å²) in [7, 11) is 0. The number of pyridine rings is 1. The van der Waals surface area contributed by atoms with E-state index in [0.29, 0.717) is 12.3 Å². The van der Waals surface area contributed by atoms with Gasteiger partial charge in [-0.25, -0.2) is 9.37 Å². The largest absolute Gasteiger partial charge is 0.494 e. The maximum atomic E-state index is 13.1. The fourth-order valence-electron chi connectivity index (χ4n) is 1.68. The zero-order valence-corrected chi connectivity index (χ0v) is 11.6. The summed E-state index contributed by atoms with van der Waals surface area (Å²) in [4.78, 5) is 15.6. The van der Waals surface area contributed by atoms with Crippen molar-refractivity contribution in [1.29, 1.82) is 0 Å². The fraction of sp³-hybridized carbons (Fsp3) is 0.200. The van der Waals surface area contributed by atoms with Gasteiger partial charge in [-0.3, -0.25) is 4.79 Å². The molecule has 2 aromatic rings. The maximum Gasteiger partial charge on any atom is 0.259 e. The number of carbonyl (C=O) groups excluding carboxylic acids is 1. The highest BCUT2D eigenvalue weighted by atomic mass is 19.1. The molecule has 0 fully saturated rings. The molecule has 6 heteroatoms. The van der Waals surface area contributed by atoms with Crippen LogP contribution in [0.1, 0.15) is 23.7 Å². The van der Waals surface area contributed by atoms with Crippen LogP contribution in [0.15, 0.2) is 36.5 Å². The van der Waals surface area contributed by atoms with Gasteiger partial charge in [-0.2, -0.15) is 0 Å². The van der Waals surface area contributed by atoms with E-state index in [2.05, 4.69) is 10.3 Å². The third kappa shape index (κ3) is 3.92. The average molecular weight is 289 g/mol. The molecular weight excluding hydrogens is 273 g/mol. The van der Waals surface area contributed by atoms with Crippen molar-refractivity contribution in [2.45, 2.75) is 13.3 Å². The first-order chi connectivity index (χ1) is 10.1. The Kier molecular flexibility index (Phi) is 4.71. The molecule has 0 spiro atoms. The summed E-state index contributed by atoms with van der Waals surface area (Å²) >= 11 is 0. The Labute approximate surface area is 121 Å². The van der Waals surface area contributed by atoms with Crippen molar-refractivity contribution in [2.75, 3.05) is 17.7 Å². The van der Waals surface area contributed by atoms with Gasteiger partial charge >= 0.3 is 0 Å². The Morgan fingerprint density at radius 1 is 1.38 bits per heavy atom. The quantitative estimate of drug-likeness (QED) is 0.887. The molecule has 5 nitrogen and oxygen atoms in total. The number of hydrogen-bond acceptors (Lipinski definition) is 4. The van der Waals surface area contributed by atoms with Crippen molar-refractivity contribution < 1.29 is 13.9 Å². The molecule has 0 saturated heterocycles. The molecule has 110 valence electrons. The van der Waals surface area contributed by atoms with E-state index in [9.17, 15) is 9.18 Å². The second-order valence-electron chi connectivity index (χ2n) is 4.41. The number of carbonyl (C=O) groups is 1. The molecule has 2 rings (SSSR count). The molecular formula is C15H16FN3O2. The van der Waals surface area contributed by atoms with Crippen molar-refractivity contribution in [3.8, 4) is 5.75 Å². The van der Waals surface area contributed by atoms with Gasteiger partial charge in [0.25, 0.3) is 5.91 Å². The van der Waals surface area contributed by atoms with Crippen molar-refractivity contribution >= 4 is 17.4 Å². The number of nitrogens with one attached hydrogen (secondary N) is 1. The lowest BCUT2D eigenvalue weighted by molar-refractivity contribution is 0.102. The molecule has 21 heavy (non-hydrogen) atoms. The van der Waals surface area contributed by atoms with Crippen molar-refractivity contribution in [2.24, 2.45) is 0 Å². The van der Waals surface area contributed by atoms with Crippen LogP contribution in [0, 0.1) is 5.82 Å². The maximum absolute atomic E-state index is 13.1. The molecule has 0 atom stereocenters. The normalized spacial score (nSPS) is 10.2. The fourth-order valence-corrected chi connectivity index (χ4v) is 1.68. The van der Waals surface area contributed by atoms with Crippen LogP contribution in [0.5, 0.6) is 5.75 Å². The van der Waals surface area contributed by atoms with Crippen molar-refractivity contribution in [3.63, 3.8) is 0 Å². The lowest BCUT2D eigenvalue weighted by atomic mass is 10.2. The number of amides is 1. The highest BCUT2D eigenvalue weighted by Crippen LogP contribution is 2.18. The zero-order chi connectivity index (χ0) is 15.2. The monoisotopic (exact) mass is 289 g/mol. The number of nitrogens with zero attached hydrogens (tertiary/aromatic N) is 1. The molecule has 1 aromatic heterocycles. The van der Waals surface area contributed by atoms with Crippen LogP contribution in [0.4, 0.5) is 15.9 Å². The summed E-state index contributed by atoms with van der Waals surface area (Å²) < 4.78 is 18.5. The van der Waals surface area contributed by atoms with E-state index < -0.39 is 11.7 Å². The zero-order valence-electron chi connectivity index (χ0n) is 11.6. The van der Waals surface area contributed by atoms with Crippen LogP contribution < -0.4 is 15.8 Å². The van der Waals surface area contributed by atoms with Crippen molar-refractivity contribution in [1.82, 2.24) is 4.98 Å². The molecule has 3 N–H and O–H groups in total. The molecule has 0 bridgehead atoms. The van der Waals surface area contributed by atoms with E-state index >= 15 is 0 Å². The van der Waals surface area contributed by atoms with E-state index in [1.165, 1.54) is 0 Å². The van der Waals surface area contributed by atoms with Crippen LogP contribution >= 0.6 is 0 Å². The van der Waals surface area contributed by atoms with Gasteiger partial charge in [-0.15, -0.1) is 0 Å². The number of ether oxygens (including phenoxy) is 1. The molecule has 0 aliphatic carbocycles. The highest BCUT2D eigenvalue weighted by molar-refractivity contribution is 6.07. The Bertz CT molecular complexity index is 629. The number of aromatic nitrogens is 1. The van der Waals surface area contributed by atoms with E-state index in [1.54, 1.807) is 24.3 Å². The van der Waals surface area contributed by atoms with E-state index in [1.807, 2.05) is 6.92 Å². The smallest absolute Gasteiger partial charge is 0.259 e. The standard InChI is InChI=1S/C15H16FN3O2/c1-2-7-21-12-5-3-11(4-6-12)19-15(20)13-8-10(16)9-18-14(13)17/h3-6,8-9H,2,7H2,1H3,(H2,17,18)(H,19,20). The summed E-state index contributed by atoms with van der Waals surface area (Å²) in [6, 6.07) is 7.95. The van der Waals surface area contributed by atoms with Gasteiger partial charge in [0.05, 0.1) is 18.4 Å². The molecule has 1 heterocycles. The van der Waals surface area contributed by atoms with Gasteiger partial charge in [0.15, 0.2) is 0 Å². The predicted octanol–water partition coefficient (Wildman–Crippen LogP) is 2.84. The summed E-state index contributed by atoms with van der Waals surface area (Å²) in [6.07, 6.45) is 1.89. The minimum Gasteiger partial charge on any atom is -0.494 e. The van der Waals surface area contributed by atoms with Gasteiger partial charge in [0, 0.05) is 5.69 Å². The number of nitrogens with two attached hydrogens (primary N) is 1. The second-order valence-corrected chi connectivity index (χ2v) is 4.41. The Morgan fingerprint density at radius 2 is 2.10 bits per heavy atom. The van der Waals surface area contributed by atoms with Gasteiger partial charge in [0.2, 0.25) is 0 Å². The highest BCUT2D eigenvalue weighted by Gasteiger charge is 2.12. The summed E-state index contributed by atoms with van der Waals surface area (Å²) in [5.74, 6) is -0.419. The summed E-state index contributed by atoms with van der Waals surface area (Å²) in [5, 5.41) is 2.63. The lowest BCUT2D eigenvalue weighted by Gasteiger charge is -2.08. The molecule has 0 aliphatic heterocycles. The lowest BCUT2D eigenvalue weighted by Crippen LogP contribution is -2.15. The van der Waals surface area contributed by atoms with E-state index in [-0.39, 0.29) is 11.4 Å². The van der Waals surface area contributed by atoms with Gasteiger partial charge in [-0.1, -0.05) is 6.92 Å². The predicted molar refractivity (Wildman–Crippen MR) is 78.8 cm³/mol. The van der Waals surface area contributed by atoms with Gasteiger partial charge in [0.1, 0.15) is 17.4 Å². The summed E-state index contributed by atoms with van der Waals surface area (Å²) in [5.41, 5.74) is 6.13. The first kappa shape index (κ1) is 14.8. The van der Waals surface area contributed by atoms with Gasteiger partial charge in [-0.05, 0) is 36.8 Å². The first-order valence-corrected chi connectivity index (χ1v) is 6.55. The first-order valence-electron chi connectivity index (χ1n) is 6.55. The van der Waals surface area contributed by atoms with Crippen LogP contribution in [0.3, 0.4) is 0 Å². The number of benzene rings is 1. The Hall–Kier alpha value is -2.63. The molecule has 0 saturated carbocycles. The molecule has 0 unspecified atom stereocenters. The third-order valence-corrected chi connectivity index (χ3v) is 2.71. The second kappa shape index (κ2) is 6.69. The minimum atomic E-state index is -0.613. The average Bonchev–Trinajstić information content (AvgIpc) is 2.49. The van der Waals surface area contributed by atoms with Crippen molar-refractivity contribution in [3.05, 3.63) is 47.9 Å². The molecule has 0 aliphatic rings. The Balaban J connectivity index is 2.07. The minimum absolute atomic E-state index is 0.00121. The third-order valence-electron chi connectivity index (χ3n) is 2.71. The van der Waals surface area contributed by atoms with Gasteiger partial charge < -0.3 is 15.8 Å². The van der Waals surface area contributed by atoms with Crippen LogP contribution in [0.2, 0.25) is 0 Å².